The van der Waals surface area contributed by atoms with Crippen LogP contribution in [0.5, 0.6) is 0 Å². The van der Waals surface area contributed by atoms with E-state index in [-0.39, 0.29) is 18.6 Å². The van der Waals surface area contributed by atoms with Crippen molar-refractivity contribution in [1.82, 2.24) is 5.32 Å². The normalized spacial score (nSPS) is 12.5. The van der Waals surface area contributed by atoms with Crippen LogP contribution in [-0.4, -0.2) is 36.9 Å². The number of esters is 1. The Morgan fingerprint density at radius 3 is 2.79 bits per heavy atom. The van der Waals surface area contributed by atoms with E-state index in [0.29, 0.717) is 19.6 Å². The Balaban J connectivity index is 3.26. The second-order valence-electron chi connectivity index (χ2n) is 3.27. The standard InChI is InChI=1S/C10H21NO3/c1-3-5-6-14-10(13)8-11-7-9(12)4-2/h9,11-12H,3-8H2,1-2H3. The maximum Gasteiger partial charge on any atom is 0.319 e. The lowest BCUT2D eigenvalue weighted by Gasteiger charge is -2.08. The van der Waals surface area contributed by atoms with Gasteiger partial charge in [-0.05, 0) is 12.8 Å². The fourth-order valence-electron chi connectivity index (χ4n) is 0.867. The summed E-state index contributed by atoms with van der Waals surface area (Å²) in [6.07, 6.45) is 2.25. The molecule has 1 atom stereocenters. The van der Waals surface area contributed by atoms with Crippen LogP contribution in [0.4, 0.5) is 0 Å². The predicted molar refractivity (Wildman–Crippen MR) is 55.0 cm³/mol. The fourth-order valence-corrected chi connectivity index (χ4v) is 0.867. The first-order valence-electron chi connectivity index (χ1n) is 5.25. The number of aliphatic hydroxyl groups is 1. The van der Waals surface area contributed by atoms with Gasteiger partial charge in [-0.25, -0.2) is 0 Å². The van der Waals surface area contributed by atoms with Crippen LogP contribution < -0.4 is 5.32 Å². The summed E-state index contributed by atoms with van der Waals surface area (Å²) < 4.78 is 4.91. The number of carbonyl (C=O) groups excluding carboxylic acids is 1. The zero-order valence-electron chi connectivity index (χ0n) is 9.08. The van der Waals surface area contributed by atoms with Crippen LogP contribution in [0, 0.1) is 0 Å². The van der Waals surface area contributed by atoms with Crippen LogP contribution in [0.1, 0.15) is 33.1 Å². The number of hydrogen-bond acceptors (Lipinski definition) is 4. The highest BCUT2D eigenvalue weighted by molar-refractivity contribution is 5.71. The first-order valence-corrected chi connectivity index (χ1v) is 5.25. The smallest absolute Gasteiger partial charge is 0.319 e. The number of aliphatic hydroxyl groups excluding tert-OH is 1. The number of unbranched alkanes of at least 4 members (excludes halogenated alkanes) is 1. The highest BCUT2D eigenvalue weighted by atomic mass is 16.5. The average Bonchev–Trinajstić information content (AvgIpc) is 2.18. The van der Waals surface area contributed by atoms with Gasteiger partial charge in [-0.15, -0.1) is 0 Å². The van der Waals surface area contributed by atoms with Crippen molar-refractivity contribution >= 4 is 5.97 Å². The number of carbonyl (C=O) groups is 1. The van der Waals surface area contributed by atoms with E-state index in [1.165, 1.54) is 0 Å². The molecule has 0 radical (unpaired) electrons. The molecule has 14 heavy (non-hydrogen) atoms. The number of nitrogens with one attached hydrogen (secondary N) is 1. The summed E-state index contributed by atoms with van der Waals surface area (Å²) in [5.74, 6) is -0.248. The molecule has 0 rings (SSSR count). The van der Waals surface area contributed by atoms with Crippen molar-refractivity contribution < 1.29 is 14.6 Å². The highest BCUT2D eigenvalue weighted by Gasteiger charge is 2.03. The quantitative estimate of drug-likeness (QED) is 0.450. The molecule has 0 aliphatic rings. The monoisotopic (exact) mass is 203 g/mol. The first kappa shape index (κ1) is 13.4. The third-order valence-corrected chi connectivity index (χ3v) is 1.88. The molecule has 0 fully saturated rings. The van der Waals surface area contributed by atoms with E-state index >= 15 is 0 Å². The molecule has 0 spiro atoms. The zero-order chi connectivity index (χ0) is 10.8. The fraction of sp³-hybridized carbons (Fsp3) is 0.900. The van der Waals surface area contributed by atoms with Crippen molar-refractivity contribution in [3.05, 3.63) is 0 Å². The Hall–Kier alpha value is -0.610. The number of ether oxygens (including phenoxy) is 1. The molecule has 4 heteroatoms. The molecule has 0 amide bonds. The van der Waals surface area contributed by atoms with E-state index in [1.54, 1.807) is 0 Å². The van der Waals surface area contributed by atoms with Crippen molar-refractivity contribution in [3.63, 3.8) is 0 Å². The highest BCUT2D eigenvalue weighted by Crippen LogP contribution is 1.89. The molecule has 2 N–H and O–H groups in total. The third kappa shape index (κ3) is 8.01. The lowest BCUT2D eigenvalue weighted by Crippen LogP contribution is -2.31. The van der Waals surface area contributed by atoms with Crippen molar-refractivity contribution in [2.24, 2.45) is 0 Å². The largest absolute Gasteiger partial charge is 0.465 e. The second kappa shape index (κ2) is 8.97. The van der Waals surface area contributed by atoms with E-state index in [0.717, 1.165) is 12.8 Å². The molecular weight excluding hydrogens is 182 g/mol. The lowest BCUT2D eigenvalue weighted by molar-refractivity contribution is -0.142. The summed E-state index contributed by atoms with van der Waals surface area (Å²) in [6, 6.07) is 0. The van der Waals surface area contributed by atoms with Gasteiger partial charge < -0.3 is 15.2 Å². The van der Waals surface area contributed by atoms with Crippen molar-refractivity contribution in [2.75, 3.05) is 19.7 Å². The minimum atomic E-state index is -0.376. The van der Waals surface area contributed by atoms with E-state index in [2.05, 4.69) is 5.32 Å². The first-order chi connectivity index (χ1) is 6.70. The van der Waals surface area contributed by atoms with Crippen LogP contribution in [-0.2, 0) is 9.53 Å². The minimum absolute atomic E-state index is 0.181. The van der Waals surface area contributed by atoms with Crippen LogP contribution in [0.25, 0.3) is 0 Å². The van der Waals surface area contributed by atoms with Gasteiger partial charge in [0.2, 0.25) is 0 Å². The molecule has 1 unspecified atom stereocenters. The van der Waals surface area contributed by atoms with Crippen molar-refractivity contribution in [1.29, 1.82) is 0 Å². The molecule has 0 aromatic heterocycles. The van der Waals surface area contributed by atoms with Gasteiger partial charge in [0.25, 0.3) is 0 Å². The Bertz CT molecular complexity index is 150. The van der Waals surface area contributed by atoms with Gasteiger partial charge in [0.05, 0.1) is 19.3 Å². The van der Waals surface area contributed by atoms with Gasteiger partial charge in [-0.1, -0.05) is 20.3 Å². The zero-order valence-corrected chi connectivity index (χ0v) is 9.08. The van der Waals surface area contributed by atoms with Crippen LogP contribution in [0.2, 0.25) is 0 Å². The van der Waals surface area contributed by atoms with Crippen LogP contribution >= 0.6 is 0 Å². The topological polar surface area (TPSA) is 58.6 Å². The van der Waals surface area contributed by atoms with Crippen LogP contribution in [0.15, 0.2) is 0 Å². The molecule has 0 aromatic rings. The van der Waals surface area contributed by atoms with E-state index in [9.17, 15) is 9.90 Å². The molecule has 0 bridgehead atoms. The summed E-state index contributed by atoms with van der Waals surface area (Å²) in [5, 5.41) is 12.0. The van der Waals surface area contributed by atoms with E-state index in [1.807, 2.05) is 13.8 Å². The Morgan fingerprint density at radius 1 is 1.50 bits per heavy atom. The van der Waals surface area contributed by atoms with Gasteiger partial charge in [-0.2, -0.15) is 0 Å². The maximum absolute atomic E-state index is 11.0. The molecule has 0 aliphatic heterocycles. The van der Waals surface area contributed by atoms with Crippen molar-refractivity contribution in [2.45, 2.75) is 39.2 Å². The molecule has 0 saturated carbocycles. The maximum atomic E-state index is 11.0. The van der Waals surface area contributed by atoms with E-state index < -0.39 is 0 Å². The van der Waals surface area contributed by atoms with Crippen LogP contribution in [0.3, 0.4) is 0 Å². The average molecular weight is 203 g/mol. The molecule has 0 aliphatic carbocycles. The molecular formula is C10H21NO3. The number of hydrogen-bond donors (Lipinski definition) is 2. The number of rotatable bonds is 8. The van der Waals surface area contributed by atoms with Crippen molar-refractivity contribution in [3.8, 4) is 0 Å². The summed E-state index contributed by atoms with van der Waals surface area (Å²) in [7, 11) is 0. The van der Waals surface area contributed by atoms with Gasteiger partial charge >= 0.3 is 5.97 Å². The molecule has 0 saturated heterocycles. The summed E-state index contributed by atoms with van der Waals surface area (Å²) in [5.41, 5.74) is 0. The van der Waals surface area contributed by atoms with Gasteiger partial charge in [0, 0.05) is 6.54 Å². The molecule has 0 aromatic carbocycles. The third-order valence-electron chi connectivity index (χ3n) is 1.88. The molecule has 4 nitrogen and oxygen atoms in total. The van der Waals surface area contributed by atoms with Gasteiger partial charge in [0.1, 0.15) is 0 Å². The lowest BCUT2D eigenvalue weighted by atomic mass is 10.3. The Kier molecular flexibility index (Phi) is 8.57. The summed E-state index contributed by atoms with van der Waals surface area (Å²) >= 11 is 0. The van der Waals surface area contributed by atoms with E-state index in [4.69, 9.17) is 4.74 Å². The second-order valence-corrected chi connectivity index (χ2v) is 3.27. The predicted octanol–water partition coefficient (Wildman–Crippen LogP) is 0.690. The Morgan fingerprint density at radius 2 is 2.21 bits per heavy atom. The van der Waals surface area contributed by atoms with Gasteiger partial charge in [0.15, 0.2) is 0 Å². The molecule has 0 heterocycles. The SMILES string of the molecule is CCCCOC(=O)CNCC(O)CC. The minimum Gasteiger partial charge on any atom is -0.465 e. The summed E-state index contributed by atoms with van der Waals surface area (Å²) in [4.78, 5) is 11.0. The van der Waals surface area contributed by atoms with Gasteiger partial charge in [-0.3, -0.25) is 4.79 Å². The Labute approximate surface area is 85.6 Å². The summed E-state index contributed by atoms with van der Waals surface area (Å²) in [6.45, 7) is 5.06. The molecule has 84 valence electrons.